The minimum Gasteiger partial charge on any atom is -0.459 e. The van der Waals surface area contributed by atoms with Crippen LogP contribution in [0.15, 0.2) is 72.8 Å². The van der Waals surface area contributed by atoms with Gasteiger partial charge in [-0.2, -0.15) is 0 Å². The summed E-state index contributed by atoms with van der Waals surface area (Å²) in [5.74, 6) is -1.72. The van der Waals surface area contributed by atoms with Gasteiger partial charge in [0, 0.05) is 46.1 Å². The zero-order chi connectivity index (χ0) is 30.2. The maximum Gasteiger partial charge on any atom is 0.329 e. The van der Waals surface area contributed by atoms with Crippen molar-refractivity contribution in [2.24, 2.45) is 5.92 Å². The Morgan fingerprint density at radius 1 is 0.976 bits per heavy atom. The smallest absolute Gasteiger partial charge is 0.329 e. The number of halogens is 2. The number of hydrogen-bond acceptors (Lipinski definition) is 6. The molecule has 1 unspecified atom stereocenters. The summed E-state index contributed by atoms with van der Waals surface area (Å²) >= 11 is 12.7. The van der Waals surface area contributed by atoms with Crippen LogP contribution in [0.1, 0.15) is 31.4 Å². The topological polar surface area (TPSA) is 126 Å². The van der Waals surface area contributed by atoms with Crippen molar-refractivity contribution in [3.63, 3.8) is 0 Å². The zero-order valence-corrected chi connectivity index (χ0v) is 24.5. The van der Waals surface area contributed by atoms with Crippen molar-refractivity contribution >= 4 is 69.5 Å². The number of rotatable bonds is 9. The second-order valence-corrected chi connectivity index (χ2v) is 10.8. The minimum absolute atomic E-state index is 0.115. The van der Waals surface area contributed by atoms with Gasteiger partial charge in [0.05, 0.1) is 11.6 Å². The van der Waals surface area contributed by atoms with Crippen LogP contribution in [-0.4, -0.2) is 36.3 Å². The lowest BCUT2D eigenvalue weighted by molar-refractivity contribution is -0.145. The molecule has 0 saturated heterocycles. The van der Waals surface area contributed by atoms with Crippen molar-refractivity contribution in [3.8, 4) is 0 Å². The molecular weight excluding hydrogens is 579 g/mol. The highest BCUT2D eigenvalue weighted by atomic mass is 35.5. The number of carbonyl (C=O) groups is 4. The van der Waals surface area contributed by atoms with E-state index in [0.29, 0.717) is 38.2 Å². The number of esters is 1. The third-order valence-corrected chi connectivity index (χ3v) is 6.84. The Morgan fingerprint density at radius 2 is 1.64 bits per heavy atom. The van der Waals surface area contributed by atoms with Crippen LogP contribution < -0.4 is 21.3 Å². The van der Waals surface area contributed by atoms with Gasteiger partial charge in [0.2, 0.25) is 17.7 Å². The van der Waals surface area contributed by atoms with E-state index in [1.165, 1.54) is 6.08 Å². The average Bonchev–Trinajstić information content (AvgIpc) is 2.95. The molecule has 3 aromatic rings. The largest absolute Gasteiger partial charge is 0.459 e. The van der Waals surface area contributed by atoms with Crippen LogP contribution in [0.2, 0.25) is 10.0 Å². The second kappa shape index (κ2) is 14.0. The molecule has 0 saturated carbocycles. The number of ether oxygens (including phenoxy) is 1. The predicted octanol–water partition coefficient (Wildman–Crippen LogP) is 5.65. The summed E-state index contributed by atoms with van der Waals surface area (Å²) in [5, 5.41) is 11.9. The first-order valence-corrected chi connectivity index (χ1v) is 14.0. The molecule has 0 bridgehead atoms. The van der Waals surface area contributed by atoms with E-state index < -0.39 is 17.9 Å². The summed E-state index contributed by atoms with van der Waals surface area (Å²) in [6.07, 6.45) is 1.55. The van der Waals surface area contributed by atoms with E-state index in [4.69, 9.17) is 27.9 Å². The summed E-state index contributed by atoms with van der Waals surface area (Å²) in [5.41, 5.74) is 3.47. The van der Waals surface area contributed by atoms with E-state index in [1.54, 1.807) is 50.2 Å². The van der Waals surface area contributed by atoms with E-state index in [-0.39, 0.29) is 37.3 Å². The first kappa shape index (κ1) is 30.6. The molecule has 11 heteroatoms. The molecule has 42 heavy (non-hydrogen) atoms. The van der Waals surface area contributed by atoms with Gasteiger partial charge in [0.15, 0.2) is 0 Å². The van der Waals surface area contributed by atoms with Gasteiger partial charge in [0.25, 0.3) is 0 Å². The molecule has 3 aromatic carbocycles. The normalized spacial score (nSPS) is 14.9. The summed E-state index contributed by atoms with van der Waals surface area (Å²) in [6.45, 7) is 3.45. The van der Waals surface area contributed by atoms with Crippen LogP contribution in [0.4, 0.5) is 17.1 Å². The Balaban J connectivity index is 1.43. The maximum absolute atomic E-state index is 13.0. The lowest BCUT2D eigenvalue weighted by Gasteiger charge is -2.28. The van der Waals surface area contributed by atoms with Gasteiger partial charge in [-0.25, -0.2) is 4.79 Å². The number of anilines is 3. The van der Waals surface area contributed by atoms with Crippen LogP contribution in [-0.2, 0) is 30.5 Å². The molecule has 0 radical (unpaired) electrons. The molecule has 1 aliphatic rings. The lowest BCUT2D eigenvalue weighted by Crippen LogP contribution is -2.35. The molecule has 1 heterocycles. The van der Waals surface area contributed by atoms with Gasteiger partial charge in [-0.05, 0) is 47.5 Å². The van der Waals surface area contributed by atoms with Crippen LogP contribution in [0.25, 0.3) is 5.57 Å². The third kappa shape index (κ3) is 8.34. The number of nitrogens with one attached hydrogen (secondary N) is 4. The molecule has 4 rings (SSSR count). The second-order valence-electron chi connectivity index (χ2n) is 9.96. The fourth-order valence-electron chi connectivity index (χ4n) is 4.23. The van der Waals surface area contributed by atoms with Crippen LogP contribution in [0.3, 0.4) is 0 Å². The molecule has 0 spiro atoms. The molecule has 0 aromatic heterocycles. The first-order valence-electron chi connectivity index (χ1n) is 13.2. The van der Waals surface area contributed by atoms with Crippen molar-refractivity contribution in [3.05, 3.63) is 94.0 Å². The molecule has 1 atom stereocenters. The number of carbonyl (C=O) groups excluding carboxylic acids is 4. The number of fused-ring (bicyclic) bond motifs is 1. The summed E-state index contributed by atoms with van der Waals surface area (Å²) in [6, 6.07) is 18.3. The highest BCUT2D eigenvalue weighted by molar-refractivity contribution is 6.36. The SMILES string of the molecule is CC(C)C(=O)NCC(=O)Nc1ccc(NC(=O)/C=C2\CC(C(=O)OCc3ccccc3)Nc3cc(Cl)cc(Cl)c32)cc1. The third-order valence-electron chi connectivity index (χ3n) is 6.33. The predicted molar refractivity (Wildman–Crippen MR) is 164 cm³/mol. The van der Waals surface area contributed by atoms with Crippen LogP contribution >= 0.6 is 23.2 Å². The van der Waals surface area contributed by atoms with Gasteiger partial charge < -0.3 is 26.0 Å². The Morgan fingerprint density at radius 3 is 2.31 bits per heavy atom. The van der Waals surface area contributed by atoms with Gasteiger partial charge in [-0.3, -0.25) is 14.4 Å². The van der Waals surface area contributed by atoms with E-state index >= 15 is 0 Å². The van der Waals surface area contributed by atoms with E-state index in [9.17, 15) is 19.2 Å². The van der Waals surface area contributed by atoms with E-state index in [0.717, 1.165) is 5.56 Å². The highest BCUT2D eigenvalue weighted by Gasteiger charge is 2.30. The Kier molecular flexibility index (Phi) is 10.2. The zero-order valence-electron chi connectivity index (χ0n) is 23.0. The van der Waals surface area contributed by atoms with Crippen molar-refractivity contribution in [2.75, 3.05) is 22.5 Å². The van der Waals surface area contributed by atoms with Crippen molar-refractivity contribution in [1.29, 1.82) is 0 Å². The molecule has 218 valence electrons. The van der Waals surface area contributed by atoms with Crippen LogP contribution in [0.5, 0.6) is 0 Å². The summed E-state index contributed by atoms with van der Waals surface area (Å²) in [7, 11) is 0. The molecule has 0 fully saturated rings. The molecule has 3 amide bonds. The molecule has 4 N–H and O–H groups in total. The van der Waals surface area contributed by atoms with Gasteiger partial charge in [0.1, 0.15) is 12.6 Å². The standard InChI is InChI=1S/C31H30Cl2N4O5/c1-18(2)30(40)34-16-28(39)36-23-10-8-22(9-11-23)35-27(38)13-20-12-26(31(41)42-17-19-6-4-3-5-7-19)37-25-15-21(32)14-24(33)29(20)25/h3-11,13-15,18,26,37H,12,16-17H2,1-2H3,(H,34,40)(H,35,38)(H,36,39)/b20-13+. The fourth-order valence-corrected chi connectivity index (χ4v) is 4.84. The van der Waals surface area contributed by atoms with Crippen molar-refractivity contribution < 1.29 is 23.9 Å². The minimum atomic E-state index is -0.761. The first-order chi connectivity index (χ1) is 20.1. The van der Waals surface area contributed by atoms with Gasteiger partial charge in [-0.15, -0.1) is 0 Å². The number of benzene rings is 3. The lowest BCUT2D eigenvalue weighted by atomic mass is 9.91. The van der Waals surface area contributed by atoms with E-state index in [2.05, 4.69) is 21.3 Å². The monoisotopic (exact) mass is 608 g/mol. The Labute approximate surface area is 253 Å². The molecule has 9 nitrogen and oxygen atoms in total. The molecule has 1 aliphatic heterocycles. The Hall–Kier alpha value is -4.34. The summed E-state index contributed by atoms with van der Waals surface area (Å²) in [4.78, 5) is 49.7. The molecule has 0 aliphatic carbocycles. The summed E-state index contributed by atoms with van der Waals surface area (Å²) < 4.78 is 5.52. The van der Waals surface area contributed by atoms with Crippen LogP contribution in [0, 0.1) is 5.92 Å². The average molecular weight is 610 g/mol. The quantitative estimate of drug-likeness (QED) is 0.184. The van der Waals surface area contributed by atoms with Gasteiger partial charge in [-0.1, -0.05) is 67.4 Å². The highest BCUT2D eigenvalue weighted by Crippen LogP contribution is 2.40. The van der Waals surface area contributed by atoms with Gasteiger partial charge >= 0.3 is 5.97 Å². The fraction of sp³-hybridized carbons (Fsp3) is 0.226. The molecular formula is C31H30Cl2N4O5. The van der Waals surface area contributed by atoms with E-state index in [1.807, 2.05) is 30.3 Å². The Bertz CT molecular complexity index is 1510. The number of amides is 3. The van der Waals surface area contributed by atoms with Crippen molar-refractivity contribution in [1.82, 2.24) is 5.32 Å². The van der Waals surface area contributed by atoms with Crippen molar-refractivity contribution in [2.45, 2.75) is 32.9 Å². The maximum atomic E-state index is 13.0. The number of hydrogen-bond donors (Lipinski definition) is 4.